The van der Waals surface area contributed by atoms with Gasteiger partial charge in [0.1, 0.15) is 9.71 Å². The van der Waals surface area contributed by atoms with Crippen LogP contribution in [0.5, 0.6) is 0 Å². The van der Waals surface area contributed by atoms with Crippen LogP contribution < -0.4 is 5.73 Å². The Hall–Kier alpha value is -1.63. The van der Waals surface area contributed by atoms with Crippen molar-refractivity contribution in [2.75, 3.05) is 0 Å². The first-order chi connectivity index (χ1) is 7.41. The molecule has 0 saturated heterocycles. The number of amides is 1. The molecule has 1 amide bonds. The summed E-state index contributed by atoms with van der Waals surface area (Å²) in [5.74, 6) is -1.09. The smallest absolute Gasteiger partial charge is 0.365 e. The van der Waals surface area contributed by atoms with Gasteiger partial charge in [-0.1, -0.05) is 0 Å². The van der Waals surface area contributed by atoms with E-state index in [2.05, 4.69) is 4.98 Å². The molecule has 2 N–H and O–H groups in total. The monoisotopic (exact) mass is 246 g/mol. The lowest BCUT2D eigenvalue weighted by atomic mass is 10.1. The van der Waals surface area contributed by atoms with E-state index in [1.54, 1.807) is 0 Å². The quantitative estimate of drug-likeness (QED) is 0.840. The van der Waals surface area contributed by atoms with Crippen LogP contribution in [0.3, 0.4) is 0 Å². The second kappa shape index (κ2) is 3.44. The maximum Gasteiger partial charge on any atom is 0.418 e. The third-order valence-electron chi connectivity index (χ3n) is 1.97. The van der Waals surface area contributed by atoms with E-state index < -0.39 is 22.5 Å². The van der Waals surface area contributed by atoms with Crippen molar-refractivity contribution in [2.24, 2.45) is 5.73 Å². The summed E-state index contributed by atoms with van der Waals surface area (Å²) in [7, 11) is 0. The average Bonchev–Trinajstić information content (AvgIpc) is 2.55. The van der Waals surface area contributed by atoms with Crippen LogP contribution in [0.25, 0.3) is 10.2 Å². The molecule has 0 atom stereocenters. The van der Waals surface area contributed by atoms with Gasteiger partial charge >= 0.3 is 6.18 Å². The van der Waals surface area contributed by atoms with Gasteiger partial charge in [0.15, 0.2) is 0 Å². The van der Waals surface area contributed by atoms with E-state index in [0.717, 1.165) is 0 Å². The molecule has 0 fully saturated rings. The van der Waals surface area contributed by atoms with Crippen LogP contribution in [0.15, 0.2) is 18.3 Å². The second-order valence-electron chi connectivity index (χ2n) is 3.02. The number of carbonyl (C=O) groups is 1. The number of hydrogen-bond acceptors (Lipinski definition) is 3. The maximum absolute atomic E-state index is 12.7. The van der Waals surface area contributed by atoms with E-state index >= 15 is 0 Å². The number of nitrogens with two attached hydrogens (primary N) is 1. The van der Waals surface area contributed by atoms with E-state index in [1.165, 1.54) is 18.3 Å². The third kappa shape index (κ3) is 1.63. The summed E-state index contributed by atoms with van der Waals surface area (Å²) in [6, 6.07) is 2.66. The van der Waals surface area contributed by atoms with Crippen molar-refractivity contribution in [1.82, 2.24) is 4.98 Å². The fourth-order valence-electron chi connectivity index (χ4n) is 1.39. The van der Waals surface area contributed by atoms with Crippen molar-refractivity contribution >= 4 is 27.5 Å². The molecule has 3 nitrogen and oxygen atoms in total. The topological polar surface area (TPSA) is 56.0 Å². The Bertz CT molecular complexity index is 561. The van der Waals surface area contributed by atoms with Gasteiger partial charge in [0.05, 0.1) is 5.56 Å². The summed E-state index contributed by atoms with van der Waals surface area (Å²) in [4.78, 5) is 14.4. The van der Waals surface area contributed by atoms with Gasteiger partial charge in [-0.3, -0.25) is 4.79 Å². The molecule has 0 aliphatic rings. The Morgan fingerprint density at radius 2 is 2.12 bits per heavy atom. The molecule has 16 heavy (non-hydrogen) atoms. The number of alkyl halides is 3. The number of rotatable bonds is 1. The number of thiophene rings is 1. The van der Waals surface area contributed by atoms with Gasteiger partial charge in [0.2, 0.25) is 0 Å². The molecule has 2 aromatic rings. The highest BCUT2D eigenvalue weighted by Gasteiger charge is 2.38. The van der Waals surface area contributed by atoms with Gasteiger partial charge in [0.25, 0.3) is 5.91 Å². The number of primary amides is 1. The molecular weight excluding hydrogens is 241 g/mol. The minimum atomic E-state index is -4.61. The summed E-state index contributed by atoms with van der Waals surface area (Å²) < 4.78 is 38.2. The average molecular weight is 246 g/mol. The minimum Gasteiger partial charge on any atom is -0.365 e. The zero-order valence-corrected chi connectivity index (χ0v) is 8.52. The van der Waals surface area contributed by atoms with Crippen molar-refractivity contribution in [3.8, 4) is 0 Å². The predicted molar refractivity (Wildman–Crippen MR) is 53.1 cm³/mol. The van der Waals surface area contributed by atoms with Crippen molar-refractivity contribution in [3.63, 3.8) is 0 Å². The number of nitrogens with zero attached hydrogens (tertiary/aromatic N) is 1. The van der Waals surface area contributed by atoms with Crippen LogP contribution >= 0.6 is 11.3 Å². The summed E-state index contributed by atoms with van der Waals surface area (Å²) in [6.45, 7) is 0. The zero-order chi connectivity index (χ0) is 11.9. The second-order valence-corrected chi connectivity index (χ2v) is 4.02. The molecule has 84 valence electrons. The standard InChI is InChI=1S/C9H5F3N2OS/c10-9(11,12)5-4-2-1-3-14-8(4)16-6(5)7(13)15/h1-3H,(H2,13,15). The number of aromatic nitrogens is 1. The molecule has 0 aromatic carbocycles. The molecule has 7 heteroatoms. The fourth-order valence-corrected chi connectivity index (χ4v) is 2.40. The Kier molecular flexibility index (Phi) is 2.34. The molecule has 2 aromatic heterocycles. The predicted octanol–water partition coefficient (Wildman–Crippen LogP) is 2.41. The molecule has 2 heterocycles. The molecule has 0 unspecified atom stereocenters. The Balaban J connectivity index is 2.85. The lowest BCUT2D eigenvalue weighted by molar-refractivity contribution is -0.136. The summed E-state index contributed by atoms with van der Waals surface area (Å²) in [5.41, 5.74) is 3.93. The molecule has 0 bridgehead atoms. The first-order valence-corrected chi connectivity index (χ1v) is 4.97. The third-order valence-corrected chi connectivity index (χ3v) is 3.10. The molecule has 0 spiro atoms. The molecule has 0 saturated carbocycles. The first kappa shape index (κ1) is 10.9. The SMILES string of the molecule is NC(=O)c1sc2ncccc2c1C(F)(F)F. The highest BCUT2D eigenvalue weighted by atomic mass is 32.1. The zero-order valence-electron chi connectivity index (χ0n) is 7.71. The van der Waals surface area contributed by atoms with Crippen LogP contribution in [0, 0.1) is 0 Å². The van der Waals surface area contributed by atoms with Crippen molar-refractivity contribution in [2.45, 2.75) is 6.18 Å². The van der Waals surface area contributed by atoms with Gasteiger partial charge in [-0.25, -0.2) is 4.98 Å². The molecule has 0 aliphatic carbocycles. The van der Waals surface area contributed by atoms with E-state index in [0.29, 0.717) is 11.3 Å². The van der Waals surface area contributed by atoms with Gasteiger partial charge in [0, 0.05) is 11.6 Å². The minimum absolute atomic E-state index is 0.0891. The fraction of sp³-hybridized carbons (Fsp3) is 0.111. The van der Waals surface area contributed by atoms with E-state index in [-0.39, 0.29) is 10.2 Å². The Morgan fingerprint density at radius 1 is 1.44 bits per heavy atom. The Labute approximate surface area is 91.7 Å². The summed E-state index contributed by atoms with van der Waals surface area (Å²) in [6.07, 6.45) is -3.24. The highest BCUT2D eigenvalue weighted by molar-refractivity contribution is 7.20. The van der Waals surface area contributed by atoms with Crippen LogP contribution in [0.4, 0.5) is 13.2 Å². The summed E-state index contributed by atoms with van der Waals surface area (Å²) in [5, 5.41) is -0.0891. The largest absolute Gasteiger partial charge is 0.418 e. The van der Waals surface area contributed by atoms with Gasteiger partial charge in [-0.05, 0) is 12.1 Å². The normalized spacial score (nSPS) is 11.9. The lowest BCUT2D eigenvalue weighted by Gasteiger charge is -2.06. The van der Waals surface area contributed by atoms with Crippen LogP contribution in [0.1, 0.15) is 15.2 Å². The first-order valence-electron chi connectivity index (χ1n) is 4.16. The molecule has 2 rings (SSSR count). The van der Waals surface area contributed by atoms with Gasteiger partial charge in [-0.2, -0.15) is 13.2 Å². The number of pyridine rings is 1. The number of fused-ring (bicyclic) bond motifs is 1. The summed E-state index contributed by atoms with van der Waals surface area (Å²) >= 11 is 0.653. The number of halogens is 3. The molecule has 0 radical (unpaired) electrons. The molecular formula is C9H5F3N2OS. The molecule has 0 aliphatic heterocycles. The number of hydrogen-bond donors (Lipinski definition) is 1. The number of carbonyl (C=O) groups excluding carboxylic acids is 1. The lowest BCUT2D eigenvalue weighted by Crippen LogP contribution is -2.16. The van der Waals surface area contributed by atoms with Crippen LogP contribution in [-0.4, -0.2) is 10.9 Å². The van der Waals surface area contributed by atoms with Gasteiger partial charge in [-0.15, -0.1) is 11.3 Å². The van der Waals surface area contributed by atoms with Crippen LogP contribution in [0.2, 0.25) is 0 Å². The Morgan fingerprint density at radius 3 is 2.69 bits per heavy atom. The van der Waals surface area contributed by atoms with Crippen molar-refractivity contribution in [1.29, 1.82) is 0 Å². The highest BCUT2D eigenvalue weighted by Crippen LogP contribution is 2.41. The van der Waals surface area contributed by atoms with E-state index in [4.69, 9.17) is 5.73 Å². The van der Waals surface area contributed by atoms with E-state index in [1.807, 2.05) is 0 Å². The van der Waals surface area contributed by atoms with Crippen molar-refractivity contribution in [3.05, 3.63) is 28.8 Å². The van der Waals surface area contributed by atoms with Crippen molar-refractivity contribution < 1.29 is 18.0 Å². The maximum atomic E-state index is 12.7. The van der Waals surface area contributed by atoms with Crippen LogP contribution in [-0.2, 0) is 6.18 Å². The van der Waals surface area contributed by atoms with Gasteiger partial charge < -0.3 is 5.73 Å². The van der Waals surface area contributed by atoms with E-state index in [9.17, 15) is 18.0 Å².